The van der Waals surface area contributed by atoms with E-state index in [2.05, 4.69) is 10.2 Å². The Morgan fingerprint density at radius 3 is 2.70 bits per heavy atom. The smallest absolute Gasteiger partial charge is 0.255 e. The van der Waals surface area contributed by atoms with Gasteiger partial charge in [0.15, 0.2) is 9.84 Å². The molecule has 4 aliphatic heterocycles. The van der Waals surface area contributed by atoms with E-state index in [0.717, 1.165) is 11.1 Å². The van der Waals surface area contributed by atoms with Crippen LogP contribution in [0.3, 0.4) is 0 Å². The van der Waals surface area contributed by atoms with Gasteiger partial charge in [-0.15, -0.1) is 0 Å². The molecule has 3 fully saturated rings. The second-order valence-electron chi connectivity index (χ2n) is 8.78. The van der Waals surface area contributed by atoms with Gasteiger partial charge in [0.25, 0.3) is 5.91 Å². The molecule has 3 saturated heterocycles. The van der Waals surface area contributed by atoms with Gasteiger partial charge in [0.05, 0.1) is 11.0 Å². The van der Waals surface area contributed by atoms with Crippen molar-refractivity contribution in [2.45, 2.75) is 43.3 Å². The lowest BCUT2D eigenvalue weighted by atomic mass is 10.0. The second-order valence-corrected chi connectivity index (χ2v) is 11.0. The number of piperidine rings is 1. The van der Waals surface area contributed by atoms with Crippen LogP contribution in [0.2, 0.25) is 0 Å². The van der Waals surface area contributed by atoms with Gasteiger partial charge in [-0.2, -0.15) is 0 Å². The van der Waals surface area contributed by atoms with Gasteiger partial charge in [0.2, 0.25) is 11.8 Å². The van der Waals surface area contributed by atoms with Crippen LogP contribution in [-0.2, 0) is 32.5 Å². The molecule has 1 unspecified atom stereocenters. The molecule has 3 N–H and O–H groups in total. The van der Waals surface area contributed by atoms with Gasteiger partial charge in [0.1, 0.15) is 6.04 Å². The quantitative estimate of drug-likeness (QED) is 0.586. The van der Waals surface area contributed by atoms with Crippen molar-refractivity contribution in [3.05, 3.63) is 34.9 Å². The lowest BCUT2D eigenvalue weighted by Crippen LogP contribution is -2.52. The first-order valence-corrected chi connectivity index (χ1v) is 11.9. The fourth-order valence-electron chi connectivity index (χ4n) is 5.30. The van der Waals surface area contributed by atoms with Crippen molar-refractivity contribution in [3.8, 4) is 0 Å². The second kappa shape index (κ2) is 6.86. The van der Waals surface area contributed by atoms with E-state index >= 15 is 0 Å². The number of hydrogen-bond donors (Lipinski definition) is 2. The number of rotatable bonds is 3. The van der Waals surface area contributed by atoms with Gasteiger partial charge < -0.3 is 10.6 Å². The van der Waals surface area contributed by atoms with Crippen molar-refractivity contribution >= 4 is 27.6 Å². The van der Waals surface area contributed by atoms with E-state index in [-0.39, 0.29) is 41.2 Å². The van der Waals surface area contributed by atoms with Crippen LogP contribution in [0, 0.1) is 5.92 Å². The van der Waals surface area contributed by atoms with Gasteiger partial charge in [-0.3, -0.25) is 24.6 Å². The van der Waals surface area contributed by atoms with Crippen LogP contribution in [0.25, 0.3) is 0 Å². The molecule has 0 spiro atoms. The van der Waals surface area contributed by atoms with Crippen molar-refractivity contribution in [2.75, 3.05) is 18.8 Å². The standard InChI is InChI=1S/C20H24N4O5S/c21-15-10-30(28,29)17-9-23(8-14(15)17)6-11-1-2-13-12(5-11)7-24(20(13)27)16-3-4-18(25)22-19(16)26/h1-2,5,14-17H,3-4,6-10,21H2,(H,22,25,26)/t14-,15+,16?,17-/m0/s1. The Labute approximate surface area is 174 Å². The zero-order chi connectivity index (χ0) is 21.2. The summed E-state index contributed by atoms with van der Waals surface area (Å²) in [5.74, 6) is -0.866. The minimum Gasteiger partial charge on any atom is -0.326 e. The maximum absolute atomic E-state index is 12.8. The van der Waals surface area contributed by atoms with Crippen LogP contribution < -0.4 is 11.1 Å². The fourth-order valence-corrected chi connectivity index (χ4v) is 7.59. The number of imide groups is 1. The number of nitrogens with zero attached hydrogens (tertiary/aromatic N) is 2. The zero-order valence-electron chi connectivity index (χ0n) is 16.4. The van der Waals surface area contributed by atoms with Crippen molar-refractivity contribution in [3.63, 3.8) is 0 Å². The summed E-state index contributed by atoms with van der Waals surface area (Å²) in [5, 5.41) is 1.92. The fraction of sp³-hybridized carbons (Fsp3) is 0.550. The Kier molecular flexibility index (Phi) is 4.49. The van der Waals surface area contributed by atoms with Gasteiger partial charge in [-0.25, -0.2) is 8.42 Å². The number of amides is 3. The molecule has 10 heteroatoms. The Morgan fingerprint density at radius 1 is 1.17 bits per heavy atom. The minimum atomic E-state index is -3.12. The summed E-state index contributed by atoms with van der Waals surface area (Å²) >= 11 is 0. The Bertz CT molecular complexity index is 1060. The summed E-state index contributed by atoms with van der Waals surface area (Å²) in [6.07, 6.45) is 0.562. The van der Waals surface area contributed by atoms with E-state index in [1.807, 2.05) is 12.1 Å². The van der Waals surface area contributed by atoms with E-state index in [1.165, 1.54) is 4.90 Å². The van der Waals surface area contributed by atoms with Crippen molar-refractivity contribution in [1.29, 1.82) is 0 Å². The number of nitrogens with two attached hydrogens (primary N) is 1. The van der Waals surface area contributed by atoms with E-state index < -0.39 is 21.8 Å². The van der Waals surface area contributed by atoms with E-state index in [9.17, 15) is 22.8 Å². The molecule has 4 atom stereocenters. The summed E-state index contributed by atoms with van der Waals surface area (Å²) < 4.78 is 24.5. The van der Waals surface area contributed by atoms with E-state index in [4.69, 9.17) is 5.73 Å². The molecule has 1 aromatic carbocycles. The summed E-state index contributed by atoms with van der Waals surface area (Å²) in [6.45, 7) is 2.07. The van der Waals surface area contributed by atoms with Gasteiger partial charge in [-0.05, 0) is 23.6 Å². The molecule has 0 saturated carbocycles. The minimum absolute atomic E-state index is 0.0194. The van der Waals surface area contributed by atoms with Gasteiger partial charge in [-0.1, -0.05) is 12.1 Å². The normalized spacial score (nSPS) is 33.0. The molecule has 4 heterocycles. The summed E-state index contributed by atoms with van der Waals surface area (Å²) in [5.41, 5.74) is 8.47. The molecule has 0 bridgehead atoms. The first-order chi connectivity index (χ1) is 14.2. The summed E-state index contributed by atoms with van der Waals surface area (Å²) in [6, 6.07) is 4.69. The highest BCUT2D eigenvalue weighted by Crippen LogP contribution is 2.34. The average Bonchev–Trinajstić information content (AvgIpc) is 3.29. The number of carbonyl (C=O) groups excluding carboxylic acids is 3. The maximum atomic E-state index is 12.8. The summed E-state index contributed by atoms with van der Waals surface area (Å²) in [7, 11) is -3.12. The first kappa shape index (κ1) is 19.7. The Balaban J connectivity index is 1.30. The number of nitrogens with one attached hydrogen (secondary N) is 1. The highest BCUT2D eigenvalue weighted by molar-refractivity contribution is 7.92. The molecule has 9 nitrogen and oxygen atoms in total. The van der Waals surface area contributed by atoms with Crippen LogP contribution in [0.1, 0.15) is 34.3 Å². The number of sulfone groups is 1. The average molecular weight is 433 g/mol. The highest BCUT2D eigenvalue weighted by Gasteiger charge is 2.50. The molecule has 0 radical (unpaired) electrons. The Hall–Kier alpha value is -2.30. The number of benzene rings is 1. The SMILES string of the molecule is N[C@@H]1CS(=O)(=O)[C@H]2CN(Cc3ccc4c(c3)CN(C3CCC(=O)NC3=O)C4=O)C[C@@H]12. The largest absolute Gasteiger partial charge is 0.326 e. The molecular formula is C20H24N4O5S. The molecule has 160 valence electrons. The van der Waals surface area contributed by atoms with Crippen LogP contribution in [-0.4, -0.2) is 72.1 Å². The van der Waals surface area contributed by atoms with Crippen LogP contribution >= 0.6 is 0 Å². The molecule has 5 rings (SSSR count). The maximum Gasteiger partial charge on any atom is 0.255 e. The molecule has 0 aromatic heterocycles. The topological polar surface area (TPSA) is 130 Å². The molecule has 1 aromatic rings. The van der Waals surface area contributed by atoms with E-state index in [1.54, 1.807) is 6.07 Å². The van der Waals surface area contributed by atoms with Gasteiger partial charge >= 0.3 is 0 Å². The molecular weight excluding hydrogens is 408 g/mol. The van der Waals surface area contributed by atoms with Gasteiger partial charge in [0, 0.05) is 50.1 Å². The number of fused-ring (bicyclic) bond motifs is 2. The van der Waals surface area contributed by atoms with Crippen molar-refractivity contribution in [1.82, 2.24) is 15.1 Å². The number of likely N-dealkylation sites (tertiary alicyclic amines) is 1. The van der Waals surface area contributed by atoms with Crippen LogP contribution in [0.5, 0.6) is 0 Å². The van der Waals surface area contributed by atoms with Crippen molar-refractivity contribution < 1.29 is 22.8 Å². The monoisotopic (exact) mass is 432 g/mol. The third-order valence-electron chi connectivity index (χ3n) is 6.81. The molecule has 0 aliphatic carbocycles. The van der Waals surface area contributed by atoms with Crippen LogP contribution in [0.15, 0.2) is 18.2 Å². The lowest BCUT2D eigenvalue weighted by molar-refractivity contribution is -0.136. The number of hydrogen-bond acceptors (Lipinski definition) is 7. The molecule has 30 heavy (non-hydrogen) atoms. The van der Waals surface area contributed by atoms with Crippen LogP contribution in [0.4, 0.5) is 0 Å². The first-order valence-electron chi connectivity index (χ1n) is 10.2. The molecule has 3 amide bonds. The Morgan fingerprint density at radius 2 is 1.97 bits per heavy atom. The summed E-state index contributed by atoms with van der Waals surface area (Å²) in [4.78, 5) is 40.0. The zero-order valence-corrected chi connectivity index (χ0v) is 17.2. The van der Waals surface area contributed by atoms with E-state index in [0.29, 0.717) is 38.2 Å². The van der Waals surface area contributed by atoms with Crippen molar-refractivity contribution in [2.24, 2.45) is 11.7 Å². The number of carbonyl (C=O) groups is 3. The third kappa shape index (κ3) is 3.14. The molecule has 4 aliphatic rings. The lowest BCUT2D eigenvalue weighted by Gasteiger charge is -2.29. The predicted molar refractivity (Wildman–Crippen MR) is 107 cm³/mol. The predicted octanol–water partition coefficient (Wildman–Crippen LogP) is -0.996. The third-order valence-corrected chi connectivity index (χ3v) is 9.09. The highest BCUT2D eigenvalue weighted by atomic mass is 32.2.